The number of carbonyl (C=O) groups is 1. The van der Waals surface area contributed by atoms with Gasteiger partial charge in [-0.15, -0.1) is 0 Å². The molecule has 104 valence electrons. The fraction of sp³-hybridized carbons (Fsp3) is 0.462. The van der Waals surface area contributed by atoms with Crippen LogP contribution < -0.4 is 0 Å². The Kier molecular flexibility index (Phi) is 4.30. The first kappa shape index (κ1) is 14.5. The normalized spacial score (nSPS) is 23.9. The molecule has 0 bridgehead atoms. The highest BCUT2D eigenvalue weighted by molar-refractivity contribution is 9.09. The molecule has 1 heterocycles. The van der Waals surface area contributed by atoms with E-state index in [2.05, 4.69) is 15.9 Å². The SMILES string of the molecule is CN1C[C@@H](CBr)[C@H](CS(=O)(=O)c2ccccc2)C1=O. The lowest BCUT2D eigenvalue weighted by atomic mass is 10.00. The van der Waals surface area contributed by atoms with Crippen LogP contribution in [0.4, 0.5) is 0 Å². The number of likely N-dealkylation sites (tertiary alicyclic amines) is 1. The summed E-state index contributed by atoms with van der Waals surface area (Å²) in [5.74, 6) is -0.592. The van der Waals surface area contributed by atoms with Gasteiger partial charge in [0.05, 0.1) is 16.6 Å². The highest BCUT2D eigenvalue weighted by Gasteiger charge is 2.40. The molecule has 19 heavy (non-hydrogen) atoms. The number of hydrogen-bond donors (Lipinski definition) is 0. The van der Waals surface area contributed by atoms with E-state index in [9.17, 15) is 13.2 Å². The molecule has 0 radical (unpaired) electrons. The lowest BCUT2D eigenvalue weighted by Gasteiger charge is -2.14. The predicted molar refractivity (Wildman–Crippen MR) is 76.9 cm³/mol. The molecule has 2 rings (SSSR count). The van der Waals surface area contributed by atoms with Crippen LogP contribution in [0.5, 0.6) is 0 Å². The first-order valence-electron chi connectivity index (χ1n) is 6.04. The smallest absolute Gasteiger partial charge is 0.226 e. The molecule has 1 amide bonds. The maximum Gasteiger partial charge on any atom is 0.226 e. The molecule has 6 heteroatoms. The Hall–Kier alpha value is -0.880. The maximum atomic E-state index is 12.3. The number of hydrogen-bond acceptors (Lipinski definition) is 3. The number of amides is 1. The lowest BCUT2D eigenvalue weighted by molar-refractivity contribution is -0.129. The number of alkyl halides is 1. The molecule has 1 fully saturated rings. The van der Waals surface area contributed by atoms with Crippen molar-refractivity contribution >= 4 is 31.7 Å². The minimum absolute atomic E-state index is 0.0518. The molecule has 0 unspecified atom stereocenters. The van der Waals surface area contributed by atoms with E-state index in [-0.39, 0.29) is 22.5 Å². The second kappa shape index (κ2) is 5.63. The topological polar surface area (TPSA) is 54.5 Å². The summed E-state index contributed by atoms with van der Waals surface area (Å²) in [5, 5.41) is 0.637. The average Bonchev–Trinajstić information content (AvgIpc) is 2.67. The molecule has 4 nitrogen and oxygen atoms in total. The van der Waals surface area contributed by atoms with E-state index in [1.165, 1.54) is 0 Å². The summed E-state index contributed by atoms with van der Waals surface area (Å²) in [7, 11) is -1.70. The van der Waals surface area contributed by atoms with Crippen LogP contribution in [0.3, 0.4) is 0 Å². The van der Waals surface area contributed by atoms with Crippen molar-refractivity contribution in [2.45, 2.75) is 4.90 Å². The first-order valence-corrected chi connectivity index (χ1v) is 8.82. The van der Waals surface area contributed by atoms with Crippen molar-refractivity contribution in [3.63, 3.8) is 0 Å². The third-order valence-corrected chi connectivity index (χ3v) is 6.09. The molecule has 0 N–H and O–H groups in total. The van der Waals surface area contributed by atoms with Crippen molar-refractivity contribution in [1.29, 1.82) is 0 Å². The third kappa shape index (κ3) is 3.00. The average molecular weight is 346 g/mol. The molecular weight excluding hydrogens is 330 g/mol. The monoisotopic (exact) mass is 345 g/mol. The number of nitrogens with zero attached hydrogens (tertiary/aromatic N) is 1. The van der Waals surface area contributed by atoms with Gasteiger partial charge in [-0.05, 0) is 18.1 Å². The van der Waals surface area contributed by atoms with Crippen LogP contribution in [0.2, 0.25) is 0 Å². The van der Waals surface area contributed by atoms with Gasteiger partial charge in [0.15, 0.2) is 9.84 Å². The fourth-order valence-electron chi connectivity index (χ4n) is 2.38. The zero-order chi connectivity index (χ0) is 14.0. The molecule has 1 saturated heterocycles. The van der Waals surface area contributed by atoms with Gasteiger partial charge in [0.1, 0.15) is 0 Å². The quantitative estimate of drug-likeness (QED) is 0.778. The molecule has 2 atom stereocenters. The van der Waals surface area contributed by atoms with Crippen molar-refractivity contribution in [3.8, 4) is 0 Å². The van der Waals surface area contributed by atoms with E-state index in [0.29, 0.717) is 11.9 Å². The van der Waals surface area contributed by atoms with Crippen LogP contribution in [-0.4, -0.2) is 43.9 Å². The molecule has 0 saturated carbocycles. The van der Waals surface area contributed by atoms with E-state index >= 15 is 0 Å². The third-order valence-electron chi connectivity index (χ3n) is 3.47. The number of benzene rings is 1. The number of sulfone groups is 1. The first-order chi connectivity index (χ1) is 8.95. The van der Waals surface area contributed by atoms with Crippen molar-refractivity contribution in [1.82, 2.24) is 4.90 Å². The van der Waals surface area contributed by atoms with E-state index in [4.69, 9.17) is 0 Å². The molecule has 1 aromatic carbocycles. The van der Waals surface area contributed by atoms with Gasteiger partial charge in [-0.25, -0.2) is 8.42 Å². The van der Waals surface area contributed by atoms with Crippen molar-refractivity contribution < 1.29 is 13.2 Å². The van der Waals surface area contributed by atoms with Gasteiger partial charge in [0.2, 0.25) is 5.91 Å². The van der Waals surface area contributed by atoms with Crippen LogP contribution in [-0.2, 0) is 14.6 Å². The van der Waals surface area contributed by atoms with Crippen molar-refractivity contribution in [2.75, 3.05) is 24.7 Å². The summed E-state index contributed by atoms with van der Waals surface area (Å²) in [6.07, 6.45) is 0. The Balaban J connectivity index is 2.23. The van der Waals surface area contributed by atoms with Crippen LogP contribution in [0.25, 0.3) is 0 Å². The molecule has 1 aliphatic heterocycles. The summed E-state index contributed by atoms with van der Waals surface area (Å²) in [5.41, 5.74) is 0. The van der Waals surface area contributed by atoms with Gasteiger partial charge in [0.25, 0.3) is 0 Å². The van der Waals surface area contributed by atoms with E-state index < -0.39 is 15.8 Å². The largest absolute Gasteiger partial charge is 0.345 e. The van der Waals surface area contributed by atoms with Gasteiger partial charge < -0.3 is 4.90 Å². The Morgan fingerprint density at radius 1 is 1.32 bits per heavy atom. The van der Waals surface area contributed by atoms with Gasteiger partial charge >= 0.3 is 0 Å². The van der Waals surface area contributed by atoms with E-state index in [1.807, 2.05) is 0 Å². The predicted octanol–water partition coefficient (Wildman–Crippen LogP) is 1.56. The summed E-state index contributed by atoms with van der Waals surface area (Å²) in [6.45, 7) is 0.610. The molecule has 1 aliphatic rings. The molecule has 0 aliphatic carbocycles. The van der Waals surface area contributed by atoms with Gasteiger partial charge in [-0.1, -0.05) is 34.1 Å². The Bertz CT molecular complexity index is 559. The minimum Gasteiger partial charge on any atom is -0.345 e. The highest BCUT2D eigenvalue weighted by Crippen LogP contribution is 2.28. The van der Waals surface area contributed by atoms with Crippen LogP contribution in [0.15, 0.2) is 35.2 Å². The van der Waals surface area contributed by atoms with Crippen LogP contribution >= 0.6 is 15.9 Å². The summed E-state index contributed by atoms with van der Waals surface area (Å²) >= 11 is 3.36. The zero-order valence-corrected chi connectivity index (χ0v) is 13.0. The summed E-state index contributed by atoms with van der Waals surface area (Å²) in [4.78, 5) is 13.9. The van der Waals surface area contributed by atoms with Gasteiger partial charge in [0, 0.05) is 18.9 Å². The van der Waals surface area contributed by atoms with Crippen LogP contribution in [0.1, 0.15) is 0 Å². The highest BCUT2D eigenvalue weighted by atomic mass is 79.9. The molecular formula is C13H16BrNO3S. The Labute approximate surface area is 121 Å². The summed E-state index contributed by atoms with van der Waals surface area (Å²) in [6, 6.07) is 8.30. The Morgan fingerprint density at radius 3 is 2.53 bits per heavy atom. The van der Waals surface area contributed by atoms with E-state index in [0.717, 1.165) is 0 Å². The minimum atomic E-state index is -3.41. The second-order valence-corrected chi connectivity index (χ2v) is 7.52. The Morgan fingerprint density at radius 2 is 1.95 bits per heavy atom. The van der Waals surface area contributed by atoms with Crippen molar-refractivity contribution in [3.05, 3.63) is 30.3 Å². The summed E-state index contributed by atoms with van der Waals surface area (Å²) < 4.78 is 24.6. The van der Waals surface area contributed by atoms with E-state index in [1.54, 1.807) is 42.3 Å². The van der Waals surface area contributed by atoms with Gasteiger partial charge in [-0.3, -0.25) is 4.79 Å². The van der Waals surface area contributed by atoms with Gasteiger partial charge in [-0.2, -0.15) is 0 Å². The maximum absolute atomic E-state index is 12.3. The standard InChI is InChI=1S/C13H16BrNO3S/c1-15-8-10(7-14)12(13(15)16)9-19(17,18)11-5-3-2-4-6-11/h2-6,10,12H,7-9H2,1H3/t10-,12+/m1/s1. The molecule has 1 aromatic rings. The number of halogens is 1. The number of carbonyl (C=O) groups excluding carboxylic acids is 1. The fourth-order valence-corrected chi connectivity index (χ4v) is 4.69. The zero-order valence-electron chi connectivity index (χ0n) is 10.6. The molecule has 0 aromatic heterocycles. The lowest BCUT2D eigenvalue weighted by Crippen LogP contribution is -2.28. The second-order valence-electron chi connectivity index (χ2n) is 4.83. The molecule has 0 spiro atoms. The van der Waals surface area contributed by atoms with Crippen LogP contribution in [0, 0.1) is 11.8 Å². The van der Waals surface area contributed by atoms with Crippen molar-refractivity contribution in [2.24, 2.45) is 11.8 Å². The number of rotatable bonds is 4.